The Morgan fingerprint density at radius 1 is 1.37 bits per heavy atom. The minimum atomic E-state index is -0.287. The Morgan fingerprint density at radius 2 is 2.11 bits per heavy atom. The molecule has 142 valence electrons. The van der Waals surface area contributed by atoms with Crippen molar-refractivity contribution in [2.75, 3.05) is 14.2 Å². The van der Waals surface area contributed by atoms with Crippen LogP contribution in [-0.4, -0.2) is 50.0 Å². The van der Waals surface area contributed by atoms with Crippen LogP contribution in [-0.2, 0) is 13.6 Å². The molecule has 0 aliphatic carbocycles. The molecular weight excluding hydrogens is 350 g/mol. The Labute approximate surface area is 156 Å². The first kappa shape index (κ1) is 18.4. The summed E-state index contributed by atoms with van der Waals surface area (Å²) in [6.45, 7) is 2.02. The van der Waals surface area contributed by atoms with Crippen LogP contribution in [0.4, 0.5) is 4.79 Å². The molecule has 0 bridgehead atoms. The topological polar surface area (TPSA) is 111 Å². The number of urea groups is 1. The minimum Gasteiger partial charge on any atom is -0.497 e. The first-order chi connectivity index (χ1) is 13.0. The second-order valence-corrected chi connectivity index (χ2v) is 6.07. The minimum absolute atomic E-state index is 0.181. The predicted octanol–water partition coefficient (Wildman–Crippen LogP) is 1.78. The van der Waals surface area contributed by atoms with Gasteiger partial charge in [0.25, 0.3) is 0 Å². The molecule has 2 aromatic heterocycles. The molecule has 3 rings (SSSR count). The number of carbonyl (C=O) groups excluding carboxylic acids is 1. The lowest BCUT2D eigenvalue weighted by molar-refractivity contribution is 0.195. The number of methoxy groups -OCH3 is 1. The van der Waals surface area contributed by atoms with Gasteiger partial charge in [-0.1, -0.05) is 5.16 Å². The van der Waals surface area contributed by atoms with E-state index in [4.69, 9.17) is 9.26 Å². The fourth-order valence-corrected chi connectivity index (χ4v) is 2.50. The molecule has 0 spiro atoms. The van der Waals surface area contributed by atoms with Crippen LogP contribution in [0.1, 0.15) is 24.7 Å². The fraction of sp³-hybridized carbons (Fsp3) is 0.353. The summed E-state index contributed by atoms with van der Waals surface area (Å²) in [5, 5.41) is 14.6. The van der Waals surface area contributed by atoms with E-state index in [2.05, 4.69) is 25.7 Å². The molecule has 10 heteroatoms. The summed E-state index contributed by atoms with van der Waals surface area (Å²) in [6, 6.07) is 6.75. The Hall–Kier alpha value is -3.43. The molecule has 0 radical (unpaired) electrons. The molecule has 10 nitrogen and oxygen atoms in total. The van der Waals surface area contributed by atoms with Gasteiger partial charge in [0.2, 0.25) is 11.7 Å². The summed E-state index contributed by atoms with van der Waals surface area (Å²) in [5.74, 6) is 2.20. The number of nitrogens with one attached hydrogen (secondary N) is 1. The van der Waals surface area contributed by atoms with E-state index in [9.17, 15) is 4.79 Å². The number of aromatic nitrogens is 5. The third kappa shape index (κ3) is 4.22. The number of carbonyl (C=O) groups is 1. The van der Waals surface area contributed by atoms with Gasteiger partial charge in [-0.25, -0.2) is 4.79 Å². The van der Waals surface area contributed by atoms with Crippen LogP contribution in [0.2, 0.25) is 0 Å². The predicted molar refractivity (Wildman–Crippen MR) is 95.7 cm³/mol. The molecule has 0 fully saturated rings. The third-order valence-corrected chi connectivity index (χ3v) is 4.01. The van der Waals surface area contributed by atoms with E-state index < -0.39 is 0 Å². The fourth-order valence-electron chi connectivity index (χ4n) is 2.50. The van der Waals surface area contributed by atoms with Gasteiger partial charge in [-0.05, 0) is 31.2 Å². The van der Waals surface area contributed by atoms with Crippen molar-refractivity contribution in [2.24, 2.45) is 7.05 Å². The standard InChI is InChI=1S/C17H21N7O3/c1-11(16-21-18-10-24(16)3)19-17(25)23(2)9-14-20-15(22-27-14)12-5-7-13(26-4)8-6-12/h5-8,10-11H,9H2,1-4H3,(H,19,25). The molecular formula is C17H21N7O3. The van der Waals surface area contributed by atoms with E-state index in [1.54, 1.807) is 25.1 Å². The Bertz CT molecular complexity index is 903. The second-order valence-electron chi connectivity index (χ2n) is 6.07. The molecule has 0 aliphatic heterocycles. The van der Waals surface area contributed by atoms with Crippen LogP contribution in [0.15, 0.2) is 35.1 Å². The van der Waals surface area contributed by atoms with Crippen molar-refractivity contribution < 1.29 is 14.1 Å². The lowest BCUT2D eigenvalue weighted by Gasteiger charge is -2.19. The lowest BCUT2D eigenvalue weighted by atomic mass is 10.2. The Morgan fingerprint density at radius 3 is 2.74 bits per heavy atom. The summed E-state index contributed by atoms with van der Waals surface area (Å²) in [4.78, 5) is 18.2. The second kappa shape index (κ2) is 7.85. The average molecular weight is 371 g/mol. The summed E-state index contributed by atoms with van der Waals surface area (Å²) < 4.78 is 12.1. The highest BCUT2D eigenvalue weighted by Gasteiger charge is 2.19. The molecule has 3 aromatic rings. The van der Waals surface area contributed by atoms with Crippen LogP contribution in [0.5, 0.6) is 5.75 Å². The summed E-state index contributed by atoms with van der Waals surface area (Å²) >= 11 is 0. The van der Waals surface area contributed by atoms with Crippen molar-refractivity contribution in [3.05, 3.63) is 42.3 Å². The van der Waals surface area contributed by atoms with Crippen LogP contribution in [0.3, 0.4) is 0 Å². The maximum Gasteiger partial charge on any atom is 0.318 e. The first-order valence-corrected chi connectivity index (χ1v) is 8.30. The van der Waals surface area contributed by atoms with Crippen LogP contribution < -0.4 is 10.1 Å². The number of benzene rings is 1. The summed E-state index contributed by atoms with van der Waals surface area (Å²) in [7, 11) is 5.07. The molecule has 0 saturated carbocycles. The zero-order valence-corrected chi connectivity index (χ0v) is 15.6. The van der Waals surface area contributed by atoms with Gasteiger partial charge >= 0.3 is 6.03 Å². The molecule has 27 heavy (non-hydrogen) atoms. The zero-order chi connectivity index (χ0) is 19.4. The lowest BCUT2D eigenvalue weighted by Crippen LogP contribution is -2.38. The van der Waals surface area contributed by atoms with Gasteiger partial charge in [-0.3, -0.25) is 0 Å². The van der Waals surface area contributed by atoms with E-state index in [0.29, 0.717) is 17.5 Å². The highest BCUT2D eigenvalue weighted by Crippen LogP contribution is 2.20. The smallest absolute Gasteiger partial charge is 0.318 e. The zero-order valence-electron chi connectivity index (χ0n) is 15.6. The van der Waals surface area contributed by atoms with Gasteiger partial charge in [-0.2, -0.15) is 4.98 Å². The first-order valence-electron chi connectivity index (χ1n) is 8.30. The van der Waals surface area contributed by atoms with Crippen LogP contribution in [0.25, 0.3) is 11.4 Å². The molecule has 0 aliphatic rings. The number of rotatable bonds is 6. The Kier molecular flexibility index (Phi) is 5.34. The quantitative estimate of drug-likeness (QED) is 0.703. The van der Waals surface area contributed by atoms with Crippen molar-refractivity contribution in [3.63, 3.8) is 0 Å². The molecule has 1 unspecified atom stereocenters. The maximum absolute atomic E-state index is 12.4. The SMILES string of the molecule is COc1ccc(-c2noc(CN(C)C(=O)NC(C)c3nncn3C)n2)cc1. The van der Waals surface area contributed by atoms with Crippen molar-refractivity contribution in [1.82, 2.24) is 35.1 Å². The van der Waals surface area contributed by atoms with E-state index in [1.165, 1.54) is 4.90 Å². The van der Waals surface area contributed by atoms with Gasteiger partial charge < -0.3 is 24.0 Å². The summed E-state index contributed by atoms with van der Waals surface area (Å²) in [5.41, 5.74) is 0.800. The maximum atomic E-state index is 12.4. The van der Waals surface area contributed by atoms with Gasteiger partial charge in [0.1, 0.15) is 18.6 Å². The van der Waals surface area contributed by atoms with Crippen molar-refractivity contribution in [2.45, 2.75) is 19.5 Å². The highest BCUT2D eigenvalue weighted by atomic mass is 16.5. The highest BCUT2D eigenvalue weighted by molar-refractivity contribution is 5.74. The van der Waals surface area contributed by atoms with Crippen molar-refractivity contribution in [1.29, 1.82) is 0 Å². The van der Waals surface area contributed by atoms with E-state index in [1.807, 2.05) is 38.2 Å². The average Bonchev–Trinajstić information content (AvgIpc) is 3.30. The number of hydrogen-bond acceptors (Lipinski definition) is 7. The van der Waals surface area contributed by atoms with Crippen LogP contribution >= 0.6 is 0 Å². The molecule has 1 atom stereocenters. The normalized spacial score (nSPS) is 11.9. The van der Waals surface area contributed by atoms with E-state index in [-0.39, 0.29) is 18.6 Å². The van der Waals surface area contributed by atoms with Gasteiger partial charge in [0.15, 0.2) is 5.82 Å². The van der Waals surface area contributed by atoms with Crippen molar-refractivity contribution >= 4 is 6.03 Å². The number of ether oxygens (including phenoxy) is 1. The Balaban J connectivity index is 1.60. The summed E-state index contributed by atoms with van der Waals surface area (Å²) in [6.07, 6.45) is 1.58. The van der Waals surface area contributed by atoms with Crippen LogP contribution in [0, 0.1) is 0 Å². The monoisotopic (exact) mass is 371 g/mol. The number of amides is 2. The number of nitrogens with zero attached hydrogens (tertiary/aromatic N) is 6. The molecule has 1 aromatic carbocycles. The third-order valence-electron chi connectivity index (χ3n) is 4.01. The van der Waals surface area contributed by atoms with Gasteiger partial charge in [-0.15, -0.1) is 10.2 Å². The van der Waals surface area contributed by atoms with Crippen molar-refractivity contribution in [3.8, 4) is 17.1 Å². The van der Waals surface area contributed by atoms with Gasteiger partial charge in [0, 0.05) is 19.7 Å². The largest absolute Gasteiger partial charge is 0.497 e. The number of hydrogen-bond donors (Lipinski definition) is 1. The van der Waals surface area contributed by atoms with E-state index >= 15 is 0 Å². The molecule has 0 saturated heterocycles. The van der Waals surface area contributed by atoms with E-state index in [0.717, 1.165) is 11.3 Å². The molecule has 2 heterocycles. The molecule has 2 amide bonds. The number of aryl methyl sites for hydroxylation is 1. The van der Waals surface area contributed by atoms with Gasteiger partial charge in [0.05, 0.1) is 13.2 Å². The molecule has 1 N–H and O–H groups in total.